The van der Waals surface area contributed by atoms with Crippen LogP contribution in [0.5, 0.6) is 0 Å². The van der Waals surface area contributed by atoms with Crippen LogP contribution in [0.3, 0.4) is 0 Å². The van der Waals surface area contributed by atoms with Gasteiger partial charge in [-0.3, -0.25) is 9.89 Å². The first kappa shape index (κ1) is 13.9. The Hall–Kier alpha value is -1.49. The number of H-pyrrole nitrogens is 1. The molecule has 1 atom stereocenters. The third-order valence-corrected chi connectivity index (χ3v) is 4.04. The molecule has 0 aliphatic carbocycles. The van der Waals surface area contributed by atoms with Crippen LogP contribution in [0.1, 0.15) is 23.8 Å². The van der Waals surface area contributed by atoms with Crippen molar-refractivity contribution in [3.8, 4) is 0 Å². The Balaban J connectivity index is 2.19. The lowest BCUT2D eigenvalue weighted by molar-refractivity contribution is 0.0737. The minimum Gasteiger partial charge on any atom is -0.338 e. The SMILES string of the molecule is CSCCC(C)N(C)C(=O)c1n[nH]c2ccccc12. The highest BCUT2D eigenvalue weighted by Crippen LogP contribution is 2.18. The molecule has 2 rings (SSSR count). The number of carbonyl (C=O) groups is 1. The lowest BCUT2D eigenvalue weighted by Gasteiger charge is -2.24. The molecule has 102 valence electrons. The number of fused-ring (bicyclic) bond motifs is 1. The maximum atomic E-state index is 12.5. The van der Waals surface area contributed by atoms with Crippen LogP contribution in [0.15, 0.2) is 24.3 Å². The first-order valence-corrected chi connectivity index (χ1v) is 7.73. The first-order chi connectivity index (χ1) is 9.15. The van der Waals surface area contributed by atoms with E-state index in [1.54, 1.807) is 16.7 Å². The highest BCUT2D eigenvalue weighted by atomic mass is 32.2. The fourth-order valence-electron chi connectivity index (χ4n) is 1.98. The molecular weight excluding hydrogens is 258 g/mol. The molecular formula is C14H19N3OS. The van der Waals surface area contributed by atoms with E-state index in [1.165, 1.54) is 0 Å². The predicted octanol–water partition coefficient (Wildman–Crippen LogP) is 2.78. The second-order valence-electron chi connectivity index (χ2n) is 4.66. The number of amides is 1. The molecule has 0 fully saturated rings. The van der Waals surface area contributed by atoms with E-state index in [-0.39, 0.29) is 11.9 Å². The number of nitrogens with one attached hydrogen (secondary N) is 1. The van der Waals surface area contributed by atoms with Crippen LogP contribution >= 0.6 is 11.8 Å². The number of rotatable bonds is 5. The van der Waals surface area contributed by atoms with Gasteiger partial charge in [0.25, 0.3) is 5.91 Å². The summed E-state index contributed by atoms with van der Waals surface area (Å²) in [6, 6.07) is 7.92. The van der Waals surface area contributed by atoms with Crippen LogP contribution in [0.25, 0.3) is 10.9 Å². The Bertz CT molecular complexity index is 567. The largest absolute Gasteiger partial charge is 0.338 e. The number of aromatic amines is 1. The third-order valence-electron chi connectivity index (χ3n) is 3.39. The Morgan fingerprint density at radius 3 is 2.95 bits per heavy atom. The smallest absolute Gasteiger partial charge is 0.274 e. The molecule has 1 aromatic carbocycles. The van der Waals surface area contributed by atoms with Gasteiger partial charge in [-0.25, -0.2) is 0 Å². The summed E-state index contributed by atoms with van der Waals surface area (Å²) in [4.78, 5) is 14.2. The number of benzene rings is 1. The summed E-state index contributed by atoms with van der Waals surface area (Å²) in [6.45, 7) is 2.07. The second-order valence-corrected chi connectivity index (χ2v) is 5.65. The average molecular weight is 277 g/mol. The van der Waals surface area contributed by atoms with Gasteiger partial charge in [0.15, 0.2) is 5.69 Å². The standard InChI is InChI=1S/C14H19N3OS/c1-10(8-9-19-3)17(2)14(18)13-11-6-4-5-7-12(11)15-16-13/h4-7,10H,8-9H2,1-3H3,(H,15,16). The summed E-state index contributed by atoms with van der Waals surface area (Å²) in [7, 11) is 1.84. The van der Waals surface area contributed by atoms with Crippen LogP contribution in [0, 0.1) is 0 Å². The summed E-state index contributed by atoms with van der Waals surface area (Å²) < 4.78 is 0. The number of para-hydroxylation sites is 1. The van der Waals surface area contributed by atoms with E-state index in [1.807, 2.05) is 31.3 Å². The van der Waals surface area contributed by atoms with Gasteiger partial charge < -0.3 is 4.90 Å². The maximum Gasteiger partial charge on any atom is 0.274 e. The van der Waals surface area contributed by atoms with Crippen LogP contribution in [-0.4, -0.2) is 46.1 Å². The van der Waals surface area contributed by atoms with E-state index in [4.69, 9.17) is 0 Å². The van der Waals surface area contributed by atoms with Crippen molar-refractivity contribution in [1.82, 2.24) is 15.1 Å². The highest BCUT2D eigenvalue weighted by molar-refractivity contribution is 7.98. The molecule has 19 heavy (non-hydrogen) atoms. The van der Waals surface area contributed by atoms with Gasteiger partial charge in [-0.1, -0.05) is 18.2 Å². The van der Waals surface area contributed by atoms with Crippen molar-refractivity contribution in [2.75, 3.05) is 19.1 Å². The Morgan fingerprint density at radius 1 is 1.47 bits per heavy atom. The average Bonchev–Trinajstić information content (AvgIpc) is 2.87. The predicted molar refractivity (Wildman–Crippen MR) is 80.6 cm³/mol. The van der Waals surface area contributed by atoms with Gasteiger partial charge in [-0.2, -0.15) is 16.9 Å². The van der Waals surface area contributed by atoms with Crippen LogP contribution in [0.4, 0.5) is 0 Å². The molecule has 2 aromatic rings. The quantitative estimate of drug-likeness (QED) is 0.914. The number of nitrogens with zero attached hydrogens (tertiary/aromatic N) is 2. The number of aromatic nitrogens is 2. The van der Waals surface area contributed by atoms with Gasteiger partial charge in [0, 0.05) is 18.5 Å². The van der Waals surface area contributed by atoms with E-state index >= 15 is 0 Å². The Labute approximate surface area is 117 Å². The van der Waals surface area contributed by atoms with Crippen LogP contribution in [0.2, 0.25) is 0 Å². The van der Waals surface area contributed by atoms with Gasteiger partial charge in [0.2, 0.25) is 0 Å². The van der Waals surface area contributed by atoms with Crippen molar-refractivity contribution >= 4 is 28.6 Å². The van der Waals surface area contributed by atoms with Gasteiger partial charge in [0.1, 0.15) is 0 Å². The lowest BCUT2D eigenvalue weighted by atomic mass is 10.1. The molecule has 0 saturated carbocycles. The van der Waals surface area contributed by atoms with Gasteiger partial charge in [-0.15, -0.1) is 0 Å². The highest BCUT2D eigenvalue weighted by Gasteiger charge is 2.21. The lowest BCUT2D eigenvalue weighted by Crippen LogP contribution is -2.35. The van der Waals surface area contributed by atoms with Crippen LogP contribution < -0.4 is 0 Å². The molecule has 1 N–H and O–H groups in total. The molecule has 0 aliphatic rings. The minimum absolute atomic E-state index is 0.0222. The van der Waals surface area contributed by atoms with E-state index in [9.17, 15) is 4.79 Å². The van der Waals surface area contributed by atoms with Crippen molar-refractivity contribution in [1.29, 1.82) is 0 Å². The summed E-state index contributed by atoms with van der Waals surface area (Å²) in [5.74, 6) is 1.03. The normalized spacial score (nSPS) is 12.6. The van der Waals surface area contributed by atoms with Crippen molar-refractivity contribution in [2.24, 2.45) is 0 Å². The van der Waals surface area contributed by atoms with Crippen molar-refractivity contribution in [3.63, 3.8) is 0 Å². The monoisotopic (exact) mass is 277 g/mol. The molecule has 1 heterocycles. The van der Waals surface area contributed by atoms with E-state index in [0.717, 1.165) is 23.1 Å². The third kappa shape index (κ3) is 2.92. The number of carbonyl (C=O) groups excluding carboxylic acids is 1. The van der Waals surface area contributed by atoms with Crippen molar-refractivity contribution in [2.45, 2.75) is 19.4 Å². The molecule has 1 aromatic heterocycles. The maximum absolute atomic E-state index is 12.5. The number of hydrogen-bond donors (Lipinski definition) is 1. The van der Waals surface area contributed by atoms with Gasteiger partial charge in [0.05, 0.1) is 5.52 Å². The number of thioether (sulfide) groups is 1. The summed E-state index contributed by atoms with van der Waals surface area (Å²) in [5, 5.41) is 7.95. The summed E-state index contributed by atoms with van der Waals surface area (Å²) >= 11 is 1.80. The van der Waals surface area contributed by atoms with Crippen LogP contribution in [-0.2, 0) is 0 Å². The fraction of sp³-hybridized carbons (Fsp3) is 0.429. The number of hydrogen-bond acceptors (Lipinski definition) is 3. The van der Waals surface area contributed by atoms with Crippen molar-refractivity contribution in [3.05, 3.63) is 30.0 Å². The van der Waals surface area contributed by atoms with E-state index in [0.29, 0.717) is 5.69 Å². The first-order valence-electron chi connectivity index (χ1n) is 6.34. The summed E-state index contributed by atoms with van der Waals surface area (Å²) in [5.41, 5.74) is 1.41. The molecule has 1 amide bonds. The Kier molecular flexibility index (Phi) is 4.47. The van der Waals surface area contributed by atoms with Gasteiger partial charge >= 0.3 is 0 Å². The molecule has 1 unspecified atom stereocenters. The Morgan fingerprint density at radius 2 is 2.21 bits per heavy atom. The minimum atomic E-state index is -0.0222. The molecule has 0 radical (unpaired) electrons. The zero-order chi connectivity index (χ0) is 13.8. The van der Waals surface area contributed by atoms with Gasteiger partial charge in [-0.05, 0) is 31.4 Å². The van der Waals surface area contributed by atoms with E-state index < -0.39 is 0 Å². The fourth-order valence-corrected chi connectivity index (χ4v) is 2.55. The van der Waals surface area contributed by atoms with E-state index in [2.05, 4.69) is 23.4 Å². The molecule has 5 heteroatoms. The molecule has 4 nitrogen and oxygen atoms in total. The zero-order valence-corrected chi connectivity index (χ0v) is 12.3. The molecule has 0 spiro atoms. The molecule has 0 saturated heterocycles. The molecule has 0 bridgehead atoms. The molecule has 0 aliphatic heterocycles. The zero-order valence-electron chi connectivity index (χ0n) is 11.5. The van der Waals surface area contributed by atoms with Crippen molar-refractivity contribution < 1.29 is 4.79 Å². The second kappa shape index (κ2) is 6.10. The topological polar surface area (TPSA) is 49.0 Å². The summed E-state index contributed by atoms with van der Waals surface area (Å²) in [6.07, 6.45) is 3.07.